The van der Waals surface area contributed by atoms with E-state index in [1.807, 2.05) is 31.2 Å². The summed E-state index contributed by atoms with van der Waals surface area (Å²) in [6.07, 6.45) is 3.57. The lowest BCUT2D eigenvalue weighted by Gasteiger charge is -2.10. The molecular weight excluding hydrogens is 399 g/mol. The number of ether oxygens (including phenoxy) is 1. The van der Waals surface area contributed by atoms with Crippen LogP contribution in [0.3, 0.4) is 0 Å². The maximum Gasteiger partial charge on any atom is 0.263 e. The number of hydrogen-bond donors (Lipinski definition) is 1. The van der Waals surface area contributed by atoms with Crippen molar-refractivity contribution in [3.63, 3.8) is 0 Å². The third-order valence-electron chi connectivity index (χ3n) is 3.92. The van der Waals surface area contributed by atoms with Crippen LogP contribution in [0, 0.1) is 6.92 Å². The maximum atomic E-state index is 12.3. The number of benzene rings is 1. The molecule has 0 saturated carbocycles. The van der Waals surface area contributed by atoms with E-state index in [0.29, 0.717) is 33.1 Å². The van der Waals surface area contributed by atoms with Gasteiger partial charge in [-0.05, 0) is 37.1 Å². The molecule has 0 saturated heterocycles. The first-order valence-electron chi connectivity index (χ1n) is 8.86. The molecule has 8 heteroatoms. The monoisotopic (exact) mass is 418 g/mol. The Bertz CT molecular complexity index is 971. The van der Waals surface area contributed by atoms with Crippen LogP contribution in [0.5, 0.6) is 5.75 Å². The van der Waals surface area contributed by atoms with Crippen LogP contribution < -0.4 is 10.1 Å². The van der Waals surface area contributed by atoms with Crippen molar-refractivity contribution in [2.24, 2.45) is 0 Å². The van der Waals surface area contributed by atoms with E-state index in [1.165, 1.54) is 16.4 Å². The molecule has 28 heavy (non-hydrogen) atoms. The van der Waals surface area contributed by atoms with E-state index < -0.39 is 0 Å². The fourth-order valence-electron chi connectivity index (χ4n) is 2.68. The molecule has 6 nitrogen and oxygen atoms in total. The highest BCUT2D eigenvalue weighted by atomic mass is 35.5. The van der Waals surface area contributed by atoms with Gasteiger partial charge in [-0.15, -0.1) is 0 Å². The molecule has 1 amide bonds. The summed E-state index contributed by atoms with van der Waals surface area (Å²) in [5, 5.41) is 7.87. The van der Waals surface area contributed by atoms with Crippen molar-refractivity contribution in [3.8, 4) is 11.6 Å². The van der Waals surface area contributed by atoms with Gasteiger partial charge in [-0.25, -0.2) is 4.98 Å². The Hall–Kier alpha value is -2.57. The highest BCUT2D eigenvalue weighted by molar-refractivity contribution is 6.35. The molecule has 2 heterocycles. The van der Waals surface area contributed by atoms with Crippen molar-refractivity contribution in [3.05, 3.63) is 63.9 Å². The van der Waals surface area contributed by atoms with Crippen molar-refractivity contribution in [2.45, 2.75) is 26.7 Å². The molecule has 0 aliphatic rings. The third kappa shape index (κ3) is 5.03. The third-order valence-corrected chi connectivity index (χ3v) is 4.40. The average Bonchev–Trinajstić information content (AvgIpc) is 3.01. The molecule has 0 aliphatic carbocycles. The highest BCUT2D eigenvalue weighted by Crippen LogP contribution is 2.25. The Kier molecular flexibility index (Phi) is 6.54. The zero-order valence-corrected chi connectivity index (χ0v) is 17.1. The normalized spacial score (nSPS) is 10.7. The van der Waals surface area contributed by atoms with Crippen LogP contribution in [0.2, 0.25) is 10.0 Å². The summed E-state index contributed by atoms with van der Waals surface area (Å²) < 4.78 is 7.03. The lowest BCUT2D eigenvalue weighted by atomic mass is 10.1. The summed E-state index contributed by atoms with van der Waals surface area (Å²) >= 11 is 12.1. The van der Waals surface area contributed by atoms with Gasteiger partial charge in [0.2, 0.25) is 0 Å². The van der Waals surface area contributed by atoms with E-state index in [-0.39, 0.29) is 12.5 Å². The van der Waals surface area contributed by atoms with Gasteiger partial charge >= 0.3 is 0 Å². The fourth-order valence-corrected chi connectivity index (χ4v) is 3.14. The number of anilines is 1. The van der Waals surface area contributed by atoms with Crippen molar-refractivity contribution in [1.82, 2.24) is 14.8 Å². The van der Waals surface area contributed by atoms with E-state index in [1.54, 1.807) is 12.1 Å². The van der Waals surface area contributed by atoms with Gasteiger partial charge in [0, 0.05) is 12.3 Å². The Balaban J connectivity index is 1.67. The lowest BCUT2D eigenvalue weighted by Crippen LogP contribution is -2.22. The standard InChI is InChI=1S/C20H20Cl2N4O2/c1-3-4-14-5-7-16(8-6-14)28-12-19(27)24-18-9-13(2)25-26(18)20-17(22)10-15(21)11-23-20/h5-11H,3-4,12H2,1-2H3,(H,24,27). The number of nitrogens with one attached hydrogen (secondary N) is 1. The summed E-state index contributed by atoms with van der Waals surface area (Å²) in [6, 6.07) is 11.0. The molecule has 0 fully saturated rings. The fraction of sp³-hybridized carbons (Fsp3) is 0.250. The number of rotatable bonds is 7. The number of nitrogens with zero attached hydrogens (tertiary/aromatic N) is 3. The van der Waals surface area contributed by atoms with Crippen LogP contribution in [0.4, 0.5) is 5.82 Å². The molecule has 0 bridgehead atoms. The van der Waals surface area contributed by atoms with Crippen LogP contribution in [-0.4, -0.2) is 27.3 Å². The van der Waals surface area contributed by atoms with Crippen LogP contribution in [0.25, 0.3) is 5.82 Å². The van der Waals surface area contributed by atoms with E-state index in [9.17, 15) is 4.79 Å². The summed E-state index contributed by atoms with van der Waals surface area (Å²) in [7, 11) is 0. The van der Waals surface area contributed by atoms with E-state index in [2.05, 4.69) is 22.3 Å². The number of halogens is 2. The lowest BCUT2D eigenvalue weighted by molar-refractivity contribution is -0.118. The smallest absolute Gasteiger partial charge is 0.263 e. The van der Waals surface area contributed by atoms with Gasteiger partial charge in [0.15, 0.2) is 12.4 Å². The SMILES string of the molecule is CCCc1ccc(OCC(=O)Nc2cc(C)nn2-c2ncc(Cl)cc2Cl)cc1. The molecule has 3 rings (SSSR count). The molecule has 3 aromatic rings. The first-order valence-corrected chi connectivity index (χ1v) is 9.61. The maximum absolute atomic E-state index is 12.3. The predicted molar refractivity (Wildman–Crippen MR) is 111 cm³/mol. The van der Waals surface area contributed by atoms with E-state index in [4.69, 9.17) is 27.9 Å². The van der Waals surface area contributed by atoms with Crippen molar-refractivity contribution in [2.75, 3.05) is 11.9 Å². The Morgan fingerprint density at radius 1 is 1.21 bits per heavy atom. The van der Waals surface area contributed by atoms with Crippen LogP contribution in [0.15, 0.2) is 42.6 Å². The summed E-state index contributed by atoms with van der Waals surface area (Å²) in [4.78, 5) is 16.5. The van der Waals surface area contributed by atoms with Gasteiger partial charge in [0.05, 0.1) is 15.7 Å². The topological polar surface area (TPSA) is 69.0 Å². The zero-order chi connectivity index (χ0) is 20.1. The van der Waals surface area contributed by atoms with Crippen LogP contribution >= 0.6 is 23.2 Å². The molecule has 146 valence electrons. The highest BCUT2D eigenvalue weighted by Gasteiger charge is 2.15. The number of carbonyl (C=O) groups is 1. The molecule has 2 aromatic heterocycles. The number of hydrogen-bond acceptors (Lipinski definition) is 4. The van der Waals surface area contributed by atoms with Gasteiger partial charge in [-0.1, -0.05) is 48.7 Å². The van der Waals surface area contributed by atoms with Gasteiger partial charge < -0.3 is 10.1 Å². The summed E-state index contributed by atoms with van der Waals surface area (Å²) in [5.74, 6) is 1.15. The predicted octanol–water partition coefficient (Wildman–Crippen LogP) is 4.85. The van der Waals surface area contributed by atoms with E-state index >= 15 is 0 Å². The number of amides is 1. The minimum atomic E-state index is -0.316. The average molecular weight is 419 g/mol. The first-order chi connectivity index (χ1) is 13.5. The minimum absolute atomic E-state index is 0.126. The number of carbonyl (C=O) groups excluding carboxylic acids is 1. The number of pyridine rings is 1. The summed E-state index contributed by atoms with van der Waals surface area (Å²) in [6.45, 7) is 3.82. The Morgan fingerprint density at radius 2 is 1.96 bits per heavy atom. The molecule has 0 radical (unpaired) electrons. The largest absolute Gasteiger partial charge is 0.484 e. The second-order valence-corrected chi connectivity index (χ2v) is 7.12. The molecule has 1 aromatic carbocycles. The first kappa shape index (κ1) is 20.2. The number of aryl methyl sites for hydroxylation is 2. The molecular formula is C20H20Cl2N4O2. The molecule has 0 atom stereocenters. The van der Waals surface area contributed by atoms with Gasteiger partial charge in [-0.2, -0.15) is 9.78 Å². The quantitative estimate of drug-likeness (QED) is 0.594. The van der Waals surface area contributed by atoms with Crippen molar-refractivity contribution in [1.29, 1.82) is 0 Å². The van der Waals surface area contributed by atoms with Gasteiger partial charge in [0.25, 0.3) is 5.91 Å². The minimum Gasteiger partial charge on any atom is -0.484 e. The second kappa shape index (κ2) is 9.08. The van der Waals surface area contributed by atoms with Gasteiger partial charge in [0.1, 0.15) is 11.6 Å². The molecule has 1 N–H and O–H groups in total. The Labute approximate surface area is 173 Å². The van der Waals surface area contributed by atoms with Crippen molar-refractivity contribution < 1.29 is 9.53 Å². The molecule has 0 aliphatic heterocycles. The van der Waals surface area contributed by atoms with Crippen molar-refractivity contribution >= 4 is 34.9 Å². The van der Waals surface area contributed by atoms with Crippen LogP contribution in [-0.2, 0) is 11.2 Å². The van der Waals surface area contributed by atoms with Crippen LogP contribution in [0.1, 0.15) is 24.6 Å². The Morgan fingerprint density at radius 3 is 2.64 bits per heavy atom. The zero-order valence-electron chi connectivity index (χ0n) is 15.6. The number of aromatic nitrogens is 3. The van der Waals surface area contributed by atoms with Gasteiger partial charge in [-0.3, -0.25) is 4.79 Å². The molecule has 0 spiro atoms. The second-order valence-electron chi connectivity index (χ2n) is 6.27. The summed E-state index contributed by atoms with van der Waals surface area (Å²) in [5.41, 5.74) is 1.95. The van der Waals surface area contributed by atoms with E-state index in [0.717, 1.165) is 12.8 Å². The molecule has 0 unspecified atom stereocenters.